The normalized spacial score (nSPS) is 12.8. The topological polar surface area (TPSA) is 57.1 Å². The van der Waals surface area contributed by atoms with Gasteiger partial charge in [-0.05, 0) is 68.3 Å². The fourth-order valence-electron chi connectivity index (χ4n) is 9.45. The second kappa shape index (κ2) is 14.9. The molecule has 2 aliphatic rings. The second-order valence-electron chi connectivity index (χ2n) is 15.9. The molecule has 0 atom stereocenters. The zero-order chi connectivity index (χ0) is 41.7. The maximum Gasteiger partial charge on any atom is 0.178 e. The van der Waals surface area contributed by atoms with Gasteiger partial charge in [-0.2, -0.15) is 0 Å². The summed E-state index contributed by atoms with van der Waals surface area (Å²) in [4.78, 5) is 15.2. The van der Waals surface area contributed by atoms with Gasteiger partial charge in [0.1, 0.15) is 0 Å². The fraction of sp³-hybridized carbons (Fsp3) is 0.0172. The predicted octanol–water partition coefficient (Wildman–Crippen LogP) is 14.5. The predicted molar refractivity (Wildman–Crippen MR) is 251 cm³/mol. The molecule has 0 fully saturated rings. The molecule has 9 aromatic carbocycles. The Balaban J connectivity index is 0.944. The third kappa shape index (κ3) is 6.05. The summed E-state index contributed by atoms with van der Waals surface area (Å²) in [6, 6.07) is 77.8. The number of nitrogens with zero attached hydrogens (tertiary/aromatic N) is 3. The van der Waals surface area contributed by atoms with Crippen LogP contribution in [0.15, 0.2) is 224 Å². The Labute approximate surface area is 365 Å². The number of rotatable bonds is 7. The molecule has 0 saturated heterocycles. The van der Waals surface area contributed by atoms with Crippen LogP contribution in [0.5, 0.6) is 23.0 Å². The summed E-state index contributed by atoms with van der Waals surface area (Å²) < 4.78 is 13.8. The van der Waals surface area contributed by atoms with Gasteiger partial charge in [0, 0.05) is 22.3 Å². The van der Waals surface area contributed by atoms with Gasteiger partial charge in [0.2, 0.25) is 0 Å². The summed E-state index contributed by atoms with van der Waals surface area (Å²) in [5, 5.41) is 0. The van der Waals surface area contributed by atoms with E-state index in [0.717, 1.165) is 61.4 Å². The number of fused-ring (bicyclic) bond motifs is 6. The first-order valence-corrected chi connectivity index (χ1v) is 21.2. The molecule has 0 unspecified atom stereocenters. The molecule has 63 heavy (non-hydrogen) atoms. The van der Waals surface area contributed by atoms with Crippen molar-refractivity contribution in [1.29, 1.82) is 0 Å². The molecule has 0 bridgehead atoms. The summed E-state index contributed by atoms with van der Waals surface area (Å²) in [6.45, 7) is 0. The van der Waals surface area contributed by atoms with Crippen LogP contribution in [-0.2, 0) is 5.41 Å². The molecule has 0 N–H and O–H groups in total. The Morgan fingerprint density at radius 3 is 1.44 bits per heavy atom. The van der Waals surface area contributed by atoms with Gasteiger partial charge in [0.15, 0.2) is 40.5 Å². The zero-order valence-corrected chi connectivity index (χ0v) is 34.0. The summed E-state index contributed by atoms with van der Waals surface area (Å²) in [7, 11) is 0. The average molecular weight is 808 g/mol. The quantitative estimate of drug-likeness (QED) is 0.161. The summed E-state index contributed by atoms with van der Waals surface area (Å²) in [6.07, 6.45) is 0. The van der Waals surface area contributed by atoms with Crippen molar-refractivity contribution in [2.45, 2.75) is 5.41 Å². The van der Waals surface area contributed by atoms with E-state index in [4.69, 9.17) is 24.4 Å². The van der Waals surface area contributed by atoms with E-state index in [2.05, 4.69) is 170 Å². The Morgan fingerprint density at radius 2 is 0.778 bits per heavy atom. The minimum absolute atomic E-state index is 0.540. The van der Waals surface area contributed by atoms with E-state index in [1.807, 2.05) is 54.6 Å². The molecule has 5 nitrogen and oxygen atoms in total. The number of ether oxygens (including phenoxy) is 2. The van der Waals surface area contributed by atoms with E-state index >= 15 is 0 Å². The standard InChI is InChI=1S/C58H37N3O2/c1-5-17-38(18-6-1)39-29-31-41(32-30-39)56-59-55(40-19-7-2-8-20-40)60-57(61-56)46-26-14-13-25-45(46)42-33-35-50-52(37-42)62-51-36-34-49-53(54(51)63-50)47-27-15-16-28-48(47)58(49,43-21-9-3-10-22-43)44-23-11-4-12-24-44/h1-37H. The maximum atomic E-state index is 6.96. The van der Waals surface area contributed by atoms with Crippen LogP contribution in [0.25, 0.3) is 67.5 Å². The molecule has 0 saturated carbocycles. The van der Waals surface area contributed by atoms with Crippen LogP contribution in [-0.4, -0.2) is 15.0 Å². The maximum absolute atomic E-state index is 6.96. The molecule has 10 aromatic rings. The summed E-state index contributed by atoms with van der Waals surface area (Å²) in [5.74, 6) is 4.47. The lowest BCUT2D eigenvalue weighted by Crippen LogP contribution is -2.28. The minimum atomic E-state index is -0.540. The second-order valence-corrected chi connectivity index (χ2v) is 15.9. The third-order valence-electron chi connectivity index (χ3n) is 12.3. The number of aromatic nitrogens is 3. The largest absolute Gasteiger partial charge is 0.449 e. The van der Waals surface area contributed by atoms with Gasteiger partial charge < -0.3 is 9.47 Å². The van der Waals surface area contributed by atoms with Gasteiger partial charge in [-0.15, -0.1) is 0 Å². The molecule has 0 amide bonds. The molecule has 0 radical (unpaired) electrons. The lowest BCUT2D eigenvalue weighted by molar-refractivity contribution is 0.360. The van der Waals surface area contributed by atoms with Gasteiger partial charge in [-0.1, -0.05) is 206 Å². The smallest absolute Gasteiger partial charge is 0.178 e. The third-order valence-corrected chi connectivity index (χ3v) is 12.3. The van der Waals surface area contributed by atoms with Crippen molar-refractivity contribution < 1.29 is 9.47 Å². The number of hydrogen-bond acceptors (Lipinski definition) is 5. The molecule has 1 aliphatic heterocycles. The van der Waals surface area contributed by atoms with Crippen molar-refractivity contribution in [2.75, 3.05) is 0 Å². The molecule has 1 aromatic heterocycles. The van der Waals surface area contributed by atoms with Gasteiger partial charge in [-0.25, -0.2) is 15.0 Å². The van der Waals surface area contributed by atoms with Crippen LogP contribution in [0.1, 0.15) is 22.3 Å². The lowest BCUT2D eigenvalue weighted by Gasteiger charge is -2.34. The SMILES string of the molecule is c1ccc(-c2ccc(-c3nc(-c4ccccc4)nc(-c4ccccc4-c4ccc5c(c4)Oc4ccc6c(c4O5)-c4ccccc4C6(c4ccccc4)c4ccccc4)n3)cc2)cc1. The van der Waals surface area contributed by atoms with Crippen molar-refractivity contribution in [3.05, 3.63) is 247 Å². The van der Waals surface area contributed by atoms with Gasteiger partial charge in [0.25, 0.3) is 0 Å². The van der Waals surface area contributed by atoms with E-state index in [1.54, 1.807) is 0 Å². The lowest BCUT2D eigenvalue weighted by atomic mass is 9.68. The first kappa shape index (κ1) is 36.4. The Kier molecular flexibility index (Phi) is 8.64. The highest BCUT2D eigenvalue weighted by Gasteiger charge is 2.48. The molecular weight excluding hydrogens is 771 g/mol. The van der Waals surface area contributed by atoms with Crippen LogP contribution in [0.3, 0.4) is 0 Å². The Morgan fingerprint density at radius 1 is 0.302 bits per heavy atom. The average Bonchev–Trinajstić information content (AvgIpc) is 3.68. The molecule has 1 aliphatic carbocycles. The number of hydrogen-bond donors (Lipinski definition) is 0. The van der Waals surface area contributed by atoms with Crippen molar-refractivity contribution in [3.63, 3.8) is 0 Å². The number of benzene rings is 9. The van der Waals surface area contributed by atoms with Crippen LogP contribution in [0.4, 0.5) is 0 Å². The van der Waals surface area contributed by atoms with Crippen molar-refractivity contribution in [2.24, 2.45) is 0 Å². The first-order valence-electron chi connectivity index (χ1n) is 21.2. The molecule has 12 rings (SSSR count). The Hall–Kier alpha value is -8.41. The van der Waals surface area contributed by atoms with Gasteiger partial charge >= 0.3 is 0 Å². The first-order chi connectivity index (χ1) is 31.2. The highest BCUT2D eigenvalue weighted by atomic mass is 16.6. The van der Waals surface area contributed by atoms with Crippen molar-refractivity contribution in [3.8, 4) is 90.5 Å². The zero-order valence-electron chi connectivity index (χ0n) is 34.0. The van der Waals surface area contributed by atoms with E-state index in [9.17, 15) is 0 Å². The van der Waals surface area contributed by atoms with E-state index < -0.39 is 5.41 Å². The molecule has 5 heteroatoms. The highest BCUT2D eigenvalue weighted by molar-refractivity contribution is 5.92. The summed E-state index contributed by atoms with van der Waals surface area (Å²) >= 11 is 0. The highest BCUT2D eigenvalue weighted by Crippen LogP contribution is 2.62. The van der Waals surface area contributed by atoms with Gasteiger partial charge in [-0.3, -0.25) is 0 Å². The van der Waals surface area contributed by atoms with E-state index in [0.29, 0.717) is 34.7 Å². The Bertz CT molecular complexity index is 3280. The molecule has 296 valence electrons. The fourth-order valence-corrected chi connectivity index (χ4v) is 9.45. The molecule has 2 heterocycles. The van der Waals surface area contributed by atoms with E-state index in [1.165, 1.54) is 16.7 Å². The van der Waals surface area contributed by atoms with Gasteiger partial charge in [0.05, 0.1) is 5.41 Å². The van der Waals surface area contributed by atoms with Crippen LogP contribution >= 0.6 is 0 Å². The van der Waals surface area contributed by atoms with Crippen molar-refractivity contribution in [1.82, 2.24) is 15.0 Å². The summed E-state index contributed by atoms with van der Waals surface area (Å²) in [5.41, 5.74) is 13.3. The monoisotopic (exact) mass is 807 g/mol. The van der Waals surface area contributed by atoms with E-state index in [-0.39, 0.29) is 0 Å². The van der Waals surface area contributed by atoms with Crippen molar-refractivity contribution >= 4 is 0 Å². The van der Waals surface area contributed by atoms with Crippen LogP contribution in [0.2, 0.25) is 0 Å². The van der Waals surface area contributed by atoms with Crippen LogP contribution < -0.4 is 9.47 Å². The molecule has 0 spiro atoms. The minimum Gasteiger partial charge on any atom is -0.449 e. The molecular formula is C58H37N3O2. The van der Waals surface area contributed by atoms with Crippen LogP contribution in [0, 0.1) is 0 Å².